The highest BCUT2D eigenvalue weighted by Gasteiger charge is 1.98. The monoisotopic (exact) mass is 258 g/mol. The van der Waals surface area contributed by atoms with Crippen LogP contribution in [-0.4, -0.2) is 0 Å². The van der Waals surface area contributed by atoms with E-state index in [4.69, 9.17) is 11.6 Å². The molecular weight excluding hydrogens is 247 g/mol. The first-order valence-electron chi connectivity index (χ1n) is 4.18. The van der Waals surface area contributed by atoms with Gasteiger partial charge < -0.3 is 0 Å². The van der Waals surface area contributed by atoms with Gasteiger partial charge in [0.2, 0.25) is 0 Å². The predicted octanol–water partition coefficient (Wildman–Crippen LogP) is 4.49. The molecule has 1 rings (SSSR count). The largest absolute Gasteiger partial charge is 0.0888 e. The first-order valence-corrected chi connectivity index (χ1v) is 5.35. The molecule has 1 aromatic rings. The number of hydrogen-bond acceptors (Lipinski definition) is 0. The van der Waals surface area contributed by atoms with Gasteiger partial charge in [0.05, 0.1) is 0 Å². The summed E-state index contributed by atoms with van der Waals surface area (Å²) in [6.07, 6.45) is 1.99. The Balaban J connectivity index is 2.68. The maximum absolute atomic E-state index is 5.92. The molecule has 13 heavy (non-hydrogen) atoms. The fourth-order valence-electron chi connectivity index (χ4n) is 1.14. The van der Waals surface area contributed by atoms with Crippen LogP contribution in [0.25, 0.3) is 0 Å². The number of benzene rings is 1. The van der Waals surface area contributed by atoms with Crippen LogP contribution < -0.4 is 0 Å². The van der Waals surface area contributed by atoms with E-state index in [-0.39, 0.29) is 0 Å². The second-order valence-electron chi connectivity index (χ2n) is 3.10. The Morgan fingerprint density at radius 2 is 2.23 bits per heavy atom. The van der Waals surface area contributed by atoms with Crippen molar-refractivity contribution in [3.8, 4) is 0 Å². The normalized spacial score (nSPS) is 10.1. The van der Waals surface area contributed by atoms with E-state index in [1.54, 1.807) is 0 Å². The summed E-state index contributed by atoms with van der Waals surface area (Å²) in [5, 5.41) is 0.835. The number of rotatable bonds is 3. The summed E-state index contributed by atoms with van der Waals surface area (Å²) < 4.78 is 1.04. The molecular formula is C11H12BrCl. The zero-order valence-electron chi connectivity index (χ0n) is 7.61. The molecule has 2 heteroatoms. The Morgan fingerprint density at radius 3 is 2.77 bits per heavy atom. The van der Waals surface area contributed by atoms with Gasteiger partial charge in [-0.25, -0.2) is 0 Å². The van der Waals surface area contributed by atoms with Gasteiger partial charge in [0, 0.05) is 5.02 Å². The molecule has 0 aliphatic carbocycles. The summed E-state index contributed by atoms with van der Waals surface area (Å²) in [6.45, 7) is 5.82. The van der Waals surface area contributed by atoms with Gasteiger partial charge in [-0.2, -0.15) is 0 Å². The van der Waals surface area contributed by atoms with Crippen molar-refractivity contribution in [3.63, 3.8) is 0 Å². The molecule has 0 aliphatic rings. The summed E-state index contributed by atoms with van der Waals surface area (Å²) in [6, 6.07) is 6.13. The number of allylic oxidation sites excluding steroid dienone is 1. The molecule has 0 saturated heterocycles. The van der Waals surface area contributed by atoms with Gasteiger partial charge in [0.25, 0.3) is 0 Å². The molecule has 0 aliphatic heterocycles. The first-order chi connectivity index (χ1) is 6.09. The van der Waals surface area contributed by atoms with E-state index in [1.807, 2.05) is 13.0 Å². The van der Waals surface area contributed by atoms with Crippen LogP contribution in [0.4, 0.5) is 0 Å². The van der Waals surface area contributed by atoms with Crippen molar-refractivity contribution in [3.05, 3.63) is 45.4 Å². The molecule has 0 amide bonds. The number of aryl methyl sites for hydroxylation is 2. The Labute approximate surface area is 92.7 Å². The summed E-state index contributed by atoms with van der Waals surface area (Å²) in [4.78, 5) is 0. The van der Waals surface area contributed by atoms with Crippen molar-refractivity contribution in [1.82, 2.24) is 0 Å². The minimum absolute atomic E-state index is 0.835. The first kappa shape index (κ1) is 10.8. The lowest BCUT2D eigenvalue weighted by molar-refractivity contribution is 0.993. The van der Waals surface area contributed by atoms with Crippen molar-refractivity contribution >= 4 is 27.5 Å². The lowest BCUT2D eigenvalue weighted by Crippen LogP contribution is -1.86. The average molecular weight is 260 g/mol. The van der Waals surface area contributed by atoms with Crippen molar-refractivity contribution in [2.24, 2.45) is 0 Å². The Morgan fingerprint density at radius 1 is 1.54 bits per heavy atom. The number of hydrogen-bond donors (Lipinski definition) is 0. The molecule has 0 bridgehead atoms. The molecule has 0 saturated carbocycles. The average Bonchev–Trinajstić information content (AvgIpc) is 2.07. The highest BCUT2D eigenvalue weighted by atomic mass is 79.9. The topological polar surface area (TPSA) is 0 Å². The summed E-state index contributed by atoms with van der Waals surface area (Å²) in [5.74, 6) is 0. The number of halogens is 2. The standard InChI is InChI=1S/C11H12BrCl/c1-8-7-10(4-3-9(2)12)5-6-11(8)13/h5-7H,2-4H2,1H3. The summed E-state index contributed by atoms with van der Waals surface area (Å²) in [7, 11) is 0. The van der Waals surface area contributed by atoms with E-state index >= 15 is 0 Å². The summed E-state index contributed by atoms with van der Waals surface area (Å²) >= 11 is 9.26. The van der Waals surface area contributed by atoms with Gasteiger partial charge in [-0.15, -0.1) is 0 Å². The molecule has 0 unspecified atom stereocenters. The van der Waals surface area contributed by atoms with Gasteiger partial charge in [0.1, 0.15) is 0 Å². The second-order valence-corrected chi connectivity index (χ2v) is 4.63. The predicted molar refractivity (Wildman–Crippen MR) is 62.6 cm³/mol. The van der Waals surface area contributed by atoms with Crippen molar-refractivity contribution < 1.29 is 0 Å². The quantitative estimate of drug-likeness (QED) is 0.750. The lowest BCUT2D eigenvalue weighted by Gasteiger charge is -2.03. The molecule has 0 spiro atoms. The van der Waals surface area contributed by atoms with E-state index in [0.717, 1.165) is 27.9 Å². The summed E-state index contributed by atoms with van der Waals surface area (Å²) in [5.41, 5.74) is 2.45. The van der Waals surface area contributed by atoms with E-state index in [1.165, 1.54) is 5.56 Å². The smallest absolute Gasteiger partial charge is 0.0435 e. The Hall–Kier alpha value is -0.270. The van der Waals surface area contributed by atoms with Crippen LogP contribution in [0.3, 0.4) is 0 Å². The second kappa shape index (κ2) is 4.83. The molecule has 0 fully saturated rings. The zero-order valence-corrected chi connectivity index (χ0v) is 9.95. The van der Waals surface area contributed by atoms with Gasteiger partial charge >= 0.3 is 0 Å². The molecule has 70 valence electrons. The molecule has 1 aromatic carbocycles. The maximum Gasteiger partial charge on any atom is 0.0435 e. The van der Waals surface area contributed by atoms with Crippen LogP contribution in [0, 0.1) is 6.92 Å². The minimum Gasteiger partial charge on any atom is -0.0888 e. The van der Waals surface area contributed by atoms with Crippen LogP contribution >= 0.6 is 27.5 Å². The Kier molecular flexibility index (Phi) is 4.01. The van der Waals surface area contributed by atoms with E-state index in [0.29, 0.717) is 0 Å². The van der Waals surface area contributed by atoms with Crippen LogP contribution in [0.15, 0.2) is 29.3 Å². The van der Waals surface area contributed by atoms with Crippen LogP contribution in [-0.2, 0) is 6.42 Å². The van der Waals surface area contributed by atoms with E-state index < -0.39 is 0 Å². The van der Waals surface area contributed by atoms with Gasteiger partial charge in [0.15, 0.2) is 0 Å². The van der Waals surface area contributed by atoms with Crippen LogP contribution in [0.1, 0.15) is 17.5 Å². The SMILES string of the molecule is C=C(Br)CCc1ccc(Cl)c(C)c1. The molecule has 0 N–H and O–H groups in total. The van der Waals surface area contributed by atoms with E-state index in [2.05, 4.69) is 34.6 Å². The molecule has 0 nitrogen and oxygen atoms in total. The minimum atomic E-state index is 0.835. The third-order valence-corrected chi connectivity index (χ3v) is 2.73. The molecule has 0 aromatic heterocycles. The molecule has 0 heterocycles. The van der Waals surface area contributed by atoms with Gasteiger partial charge in [-0.05, 0) is 41.4 Å². The van der Waals surface area contributed by atoms with Gasteiger partial charge in [-0.3, -0.25) is 0 Å². The van der Waals surface area contributed by atoms with Gasteiger partial charge in [-0.1, -0.05) is 46.2 Å². The lowest BCUT2D eigenvalue weighted by atomic mass is 10.1. The highest BCUT2D eigenvalue weighted by Crippen LogP contribution is 2.19. The fraction of sp³-hybridized carbons (Fsp3) is 0.273. The van der Waals surface area contributed by atoms with Crippen LogP contribution in [0.5, 0.6) is 0 Å². The zero-order chi connectivity index (χ0) is 9.84. The van der Waals surface area contributed by atoms with Crippen molar-refractivity contribution in [2.45, 2.75) is 19.8 Å². The fourth-order valence-corrected chi connectivity index (χ4v) is 1.46. The molecule has 0 radical (unpaired) electrons. The maximum atomic E-state index is 5.92. The highest BCUT2D eigenvalue weighted by molar-refractivity contribution is 9.11. The Bertz CT molecular complexity index is 318. The van der Waals surface area contributed by atoms with Crippen molar-refractivity contribution in [1.29, 1.82) is 0 Å². The molecule has 0 atom stereocenters. The third kappa shape index (κ3) is 3.53. The van der Waals surface area contributed by atoms with Crippen LogP contribution in [0.2, 0.25) is 5.02 Å². The van der Waals surface area contributed by atoms with Crippen molar-refractivity contribution in [2.75, 3.05) is 0 Å². The van der Waals surface area contributed by atoms with E-state index in [9.17, 15) is 0 Å². The third-order valence-electron chi connectivity index (χ3n) is 1.91.